The normalized spacial score (nSPS) is 12.2. The Hall–Kier alpha value is -1.42. The average Bonchev–Trinajstić information content (AvgIpc) is 2.39. The Morgan fingerprint density at radius 1 is 1.30 bits per heavy atom. The van der Waals surface area contributed by atoms with E-state index in [9.17, 15) is 4.79 Å². The third kappa shape index (κ3) is 4.30. The van der Waals surface area contributed by atoms with Crippen LogP contribution < -0.4 is 10.6 Å². The molecule has 0 radical (unpaired) electrons. The summed E-state index contributed by atoms with van der Waals surface area (Å²) in [5.41, 5.74) is 6.68. The van der Waals surface area contributed by atoms with Gasteiger partial charge in [-0.25, -0.2) is 0 Å². The quantitative estimate of drug-likeness (QED) is 0.784. The van der Waals surface area contributed by atoms with Crippen LogP contribution in [-0.4, -0.2) is 17.4 Å². The monoisotopic (exact) mass is 292 g/mol. The number of benzene rings is 1. The molecule has 0 saturated heterocycles. The highest BCUT2D eigenvalue weighted by molar-refractivity contribution is 7.80. The second-order valence-corrected chi connectivity index (χ2v) is 5.77. The Bertz CT molecular complexity index is 445. The molecule has 1 rings (SSSR count). The van der Waals surface area contributed by atoms with Crippen LogP contribution in [0.15, 0.2) is 30.3 Å². The zero-order valence-corrected chi connectivity index (χ0v) is 13.3. The van der Waals surface area contributed by atoms with Gasteiger partial charge in [-0.3, -0.25) is 4.79 Å². The number of para-hydroxylation sites is 1. The summed E-state index contributed by atoms with van der Waals surface area (Å²) in [5, 5.41) is 0. The average molecular weight is 292 g/mol. The maximum absolute atomic E-state index is 12.8. The molecule has 0 aliphatic heterocycles. The molecule has 1 aromatic rings. The molecule has 0 saturated carbocycles. The second-order valence-electron chi connectivity index (χ2n) is 5.30. The van der Waals surface area contributed by atoms with E-state index in [0.717, 1.165) is 18.5 Å². The first-order valence-corrected chi connectivity index (χ1v) is 7.55. The van der Waals surface area contributed by atoms with Crippen LogP contribution in [0.2, 0.25) is 0 Å². The number of rotatable bonds is 7. The van der Waals surface area contributed by atoms with Gasteiger partial charge in [-0.1, -0.05) is 57.6 Å². The highest BCUT2D eigenvalue weighted by Crippen LogP contribution is 2.21. The van der Waals surface area contributed by atoms with Crippen LogP contribution in [0.3, 0.4) is 0 Å². The molecule has 4 heteroatoms. The lowest BCUT2D eigenvalue weighted by atomic mass is 9.94. The molecule has 0 aromatic heterocycles. The van der Waals surface area contributed by atoms with Crippen molar-refractivity contribution >= 4 is 28.8 Å². The maximum Gasteiger partial charge on any atom is 0.237 e. The van der Waals surface area contributed by atoms with E-state index in [-0.39, 0.29) is 16.8 Å². The van der Waals surface area contributed by atoms with E-state index in [1.54, 1.807) is 0 Å². The Labute approximate surface area is 127 Å². The van der Waals surface area contributed by atoms with Crippen molar-refractivity contribution in [2.24, 2.45) is 17.6 Å². The first-order chi connectivity index (χ1) is 9.49. The molecule has 0 fully saturated rings. The topological polar surface area (TPSA) is 46.3 Å². The SMILES string of the molecule is CCCCN(C(=O)C(C(N)=S)C(C)C)c1ccccc1. The van der Waals surface area contributed by atoms with E-state index in [1.807, 2.05) is 49.1 Å². The van der Waals surface area contributed by atoms with Crippen molar-refractivity contribution in [3.63, 3.8) is 0 Å². The molecule has 1 amide bonds. The predicted octanol–water partition coefficient (Wildman–Crippen LogP) is 3.38. The number of unbranched alkanes of at least 4 members (excludes halogenated alkanes) is 1. The standard InChI is InChI=1S/C16H24N2OS/c1-4-5-11-18(13-9-7-6-8-10-13)16(19)14(12(2)3)15(17)20/h6-10,12,14H,4-5,11H2,1-3H3,(H2,17,20). The van der Waals surface area contributed by atoms with E-state index in [0.29, 0.717) is 6.54 Å². The Balaban J connectivity index is 3.04. The number of carbonyl (C=O) groups excluding carboxylic acids is 1. The van der Waals surface area contributed by atoms with Gasteiger partial charge in [0.25, 0.3) is 0 Å². The summed E-state index contributed by atoms with van der Waals surface area (Å²) in [5.74, 6) is -0.290. The van der Waals surface area contributed by atoms with Crippen molar-refractivity contribution < 1.29 is 4.79 Å². The van der Waals surface area contributed by atoms with E-state index in [4.69, 9.17) is 18.0 Å². The smallest absolute Gasteiger partial charge is 0.237 e. The van der Waals surface area contributed by atoms with Crippen molar-refractivity contribution in [2.75, 3.05) is 11.4 Å². The fourth-order valence-corrected chi connectivity index (χ4v) is 2.57. The summed E-state index contributed by atoms with van der Waals surface area (Å²) >= 11 is 5.08. The number of carbonyl (C=O) groups is 1. The first-order valence-electron chi connectivity index (χ1n) is 7.14. The molecule has 0 heterocycles. The Morgan fingerprint density at radius 2 is 1.90 bits per heavy atom. The van der Waals surface area contributed by atoms with E-state index in [2.05, 4.69) is 6.92 Å². The molecule has 0 bridgehead atoms. The number of nitrogens with zero attached hydrogens (tertiary/aromatic N) is 1. The van der Waals surface area contributed by atoms with Crippen molar-refractivity contribution in [1.29, 1.82) is 0 Å². The summed E-state index contributed by atoms with van der Waals surface area (Å²) in [7, 11) is 0. The largest absolute Gasteiger partial charge is 0.393 e. The van der Waals surface area contributed by atoms with Gasteiger partial charge in [0, 0.05) is 12.2 Å². The van der Waals surface area contributed by atoms with Crippen LogP contribution in [0.25, 0.3) is 0 Å². The van der Waals surface area contributed by atoms with Gasteiger partial charge in [0.1, 0.15) is 0 Å². The molecular formula is C16H24N2OS. The van der Waals surface area contributed by atoms with Crippen LogP contribution >= 0.6 is 12.2 Å². The minimum Gasteiger partial charge on any atom is -0.393 e. The van der Waals surface area contributed by atoms with Crippen LogP contribution in [0.5, 0.6) is 0 Å². The van der Waals surface area contributed by atoms with Crippen molar-refractivity contribution in [3.05, 3.63) is 30.3 Å². The van der Waals surface area contributed by atoms with Crippen LogP contribution in [0, 0.1) is 11.8 Å². The molecule has 20 heavy (non-hydrogen) atoms. The lowest BCUT2D eigenvalue weighted by Gasteiger charge is -2.29. The minimum atomic E-state index is -0.401. The van der Waals surface area contributed by atoms with Crippen molar-refractivity contribution in [2.45, 2.75) is 33.6 Å². The van der Waals surface area contributed by atoms with E-state index >= 15 is 0 Å². The van der Waals surface area contributed by atoms with Crippen LogP contribution in [0.1, 0.15) is 33.6 Å². The number of hydrogen-bond acceptors (Lipinski definition) is 2. The van der Waals surface area contributed by atoms with Gasteiger partial charge in [-0.05, 0) is 24.5 Å². The number of thiocarbonyl (C=S) groups is 1. The molecule has 110 valence electrons. The third-order valence-corrected chi connectivity index (χ3v) is 3.56. The van der Waals surface area contributed by atoms with Gasteiger partial charge in [-0.2, -0.15) is 0 Å². The number of hydrogen-bond donors (Lipinski definition) is 1. The summed E-state index contributed by atoms with van der Waals surface area (Å²) in [6, 6.07) is 9.72. The Morgan fingerprint density at radius 3 is 2.35 bits per heavy atom. The first kappa shape index (κ1) is 16.6. The summed E-state index contributed by atoms with van der Waals surface area (Å²) in [6.07, 6.45) is 2.00. The fraction of sp³-hybridized carbons (Fsp3) is 0.500. The number of nitrogens with two attached hydrogens (primary N) is 1. The van der Waals surface area contributed by atoms with Gasteiger partial charge in [0.15, 0.2) is 0 Å². The predicted molar refractivity (Wildman–Crippen MR) is 88.8 cm³/mol. The lowest BCUT2D eigenvalue weighted by Crippen LogP contribution is -2.44. The number of amides is 1. The second kappa shape index (κ2) is 8.00. The summed E-state index contributed by atoms with van der Waals surface area (Å²) in [4.78, 5) is 14.9. The third-order valence-electron chi connectivity index (χ3n) is 3.31. The van der Waals surface area contributed by atoms with Gasteiger partial charge in [0.2, 0.25) is 5.91 Å². The fourth-order valence-electron chi connectivity index (χ4n) is 2.19. The summed E-state index contributed by atoms with van der Waals surface area (Å²) in [6.45, 7) is 6.77. The maximum atomic E-state index is 12.8. The number of anilines is 1. The molecule has 0 aliphatic rings. The Kier molecular flexibility index (Phi) is 6.65. The highest BCUT2D eigenvalue weighted by Gasteiger charge is 2.29. The molecular weight excluding hydrogens is 268 g/mol. The van der Waals surface area contributed by atoms with Crippen molar-refractivity contribution in [3.8, 4) is 0 Å². The van der Waals surface area contributed by atoms with Crippen molar-refractivity contribution in [1.82, 2.24) is 0 Å². The zero-order valence-electron chi connectivity index (χ0n) is 12.5. The zero-order chi connectivity index (χ0) is 15.1. The molecule has 3 nitrogen and oxygen atoms in total. The van der Waals surface area contributed by atoms with Crippen LogP contribution in [-0.2, 0) is 4.79 Å². The highest BCUT2D eigenvalue weighted by atomic mass is 32.1. The molecule has 2 N–H and O–H groups in total. The summed E-state index contributed by atoms with van der Waals surface area (Å²) < 4.78 is 0. The lowest BCUT2D eigenvalue weighted by molar-refractivity contribution is -0.121. The van der Waals surface area contributed by atoms with E-state index < -0.39 is 5.92 Å². The molecule has 0 aliphatic carbocycles. The molecule has 1 atom stereocenters. The molecule has 1 unspecified atom stereocenters. The van der Waals surface area contributed by atoms with Gasteiger partial charge in [0.05, 0.1) is 10.9 Å². The minimum absolute atomic E-state index is 0.00662. The van der Waals surface area contributed by atoms with Gasteiger partial charge < -0.3 is 10.6 Å². The van der Waals surface area contributed by atoms with Gasteiger partial charge in [-0.15, -0.1) is 0 Å². The van der Waals surface area contributed by atoms with Crippen LogP contribution in [0.4, 0.5) is 5.69 Å². The molecule has 0 spiro atoms. The van der Waals surface area contributed by atoms with E-state index in [1.165, 1.54) is 0 Å². The molecule has 1 aromatic carbocycles. The van der Waals surface area contributed by atoms with Gasteiger partial charge >= 0.3 is 0 Å².